The quantitative estimate of drug-likeness (QED) is 0.843. The van der Waals surface area contributed by atoms with Crippen molar-refractivity contribution in [2.45, 2.75) is 44.1 Å². The Morgan fingerprint density at radius 2 is 2.18 bits per heavy atom. The maximum absolute atomic E-state index is 12.2. The van der Waals surface area contributed by atoms with Crippen LogP contribution in [0.5, 0.6) is 0 Å². The predicted molar refractivity (Wildman–Crippen MR) is 95.5 cm³/mol. The van der Waals surface area contributed by atoms with Gasteiger partial charge in [0.05, 0.1) is 24.8 Å². The SMILES string of the molecule is CC(C)c1nnnn1[C@@H]1CO[C@@H]2[C@@H]1OC[C@H]2OC(=O)Nc1cccc(C#N)c1. The van der Waals surface area contributed by atoms with Crippen LogP contribution in [0.1, 0.15) is 37.2 Å². The van der Waals surface area contributed by atoms with Crippen LogP contribution in [0.3, 0.4) is 0 Å². The second-order valence-corrected chi connectivity index (χ2v) is 7.06. The maximum atomic E-state index is 12.2. The van der Waals surface area contributed by atoms with E-state index in [4.69, 9.17) is 19.5 Å². The summed E-state index contributed by atoms with van der Waals surface area (Å²) in [5, 5.41) is 23.5. The molecule has 2 fully saturated rings. The molecule has 0 radical (unpaired) electrons. The van der Waals surface area contributed by atoms with Gasteiger partial charge < -0.3 is 14.2 Å². The van der Waals surface area contributed by atoms with Crippen molar-refractivity contribution >= 4 is 11.8 Å². The summed E-state index contributed by atoms with van der Waals surface area (Å²) in [5.41, 5.74) is 0.937. The summed E-state index contributed by atoms with van der Waals surface area (Å²) in [6.45, 7) is 4.65. The Bertz CT molecular complexity index is 907. The number of ether oxygens (including phenoxy) is 3. The molecular formula is C18H20N6O4. The van der Waals surface area contributed by atoms with Crippen LogP contribution in [0.4, 0.5) is 10.5 Å². The van der Waals surface area contributed by atoms with Gasteiger partial charge in [-0.05, 0) is 28.6 Å². The van der Waals surface area contributed by atoms with Crippen LogP contribution >= 0.6 is 0 Å². The van der Waals surface area contributed by atoms with E-state index < -0.39 is 12.2 Å². The molecule has 146 valence electrons. The molecule has 2 aromatic rings. The third kappa shape index (κ3) is 3.42. The van der Waals surface area contributed by atoms with E-state index >= 15 is 0 Å². The van der Waals surface area contributed by atoms with E-state index in [1.54, 1.807) is 28.9 Å². The summed E-state index contributed by atoms with van der Waals surface area (Å²) < 4.78 is 19.0. The first-order valence-electron chi connectivity index (χ1n) is 9.05. The monoisotopic (exact) mass is 384 g/mol. The van der Waals surface area contributed by atoms with E-state index in [1.165, 1.54) is 0 Å². The standard InChI is InChI=1S/C18H20N6O4/c1-10(2)17-21-22-23-24(17)13-8-26-16-14(9-27-15(13)16)28-18(25)20-12-5-3-4-11(6-12)7-19/h3-6,10,13-16H,8-9H2,1-2H3,(H,20,25)/t13-,14-,15-,16+/m1/s1. The lowest BCUT2D eigenvalue weighted by Gasteiger charge is -2.18. The summed E-state index contributed by atoms with van der Waals surface area (Å²) in [6.07, 6.45) is -1.83. The molecule has 1 amide bonds. The lowest BCUT2D eigenvalue weighted by Crippen LogP contribution is -2.35. The Balaban J connectivity index is 1.40. The molecule has 28 heavy (non-hydrogen) atoms. The highest BCUT2D eigenvalue weighted by molar-refractivity contribution is 5.85. The van der Waals surface area contributed by atoms with Crippen molar-refractivity contribution in [3.63, 3.8) is 0 Å². The molecule has 2 saturated heterocycles. The van der Waals surface area contributed by atoms with Crippen LogP contribution in [0, 0.1) is 11.3 Å². The fraction of sp³-hybridized carbons (Fsp3) is 0.500. The molecule has 10 nitrogen and oxygen atoms in total. The Hall–Kier alpha value is -3.03. The fourth-order valence-electron chi connectivity index (χ4n) is 3.52. The predicted octanol–water partition coefficient (Wildman–Crippen LogP) is 1.62. The molecule has 4 atom stereocenters. The average molecular weight is 384 g/mol. The van der Waals surface area contributed by atoms with Crippen molar-refractivity contribution in [3.05, 3.63) is 35.7 Å². The van der Waals surface area contributed by atoms with Gasteiger partial charge in [0.1, 0.15) is 18.2 Å². The molecule has 0 bridgehead atoms. The van der Waals surface area contributed by atoms with E-state index in [2.05, 4.69) is 20.8 Å². The van der Waals surface area contributed by atoms with Gasteiger partial charge in [0.25, 0.3) is 0 Å². The van der Waals surface area contributed by atoms with Crippen LogP contribution in [0.15, 0.2) is 24.3 Å². The number of carbonyl (C=O) groups excluding carboxylic acids is 1. The zero-order valence-electron chi connectivity index (χ0n) is 15.5. The summed E-state index contributed by atoms with van der Waals surface area (Å²) >= 11 is 0. The fourth-order valence-corrected chi connectivity index (χ4v) is 3.52. The number of anilines is 1. The minimum Gasteiger partial charge on any atom is -0.441 e. The van der Waals surface area contributed by atoms with Gasteiger partial charge in [-0.25, -0.2) is 9.48 Å². The first-order chi connectivity index (χ1) is 13.6. The molecule has 0 aliphatic carbocycles. The number of nitrogens with one attached hydrogen (secondary N) is 1. The second kappa shape index (κ2) is 7.53. The molecule has 10 heteroatoms. The van der Waals surface area contributed by atoms with Crippen molar-refractivity contribution in [1.29, 1.82) is 5.26 Å². The van der Waals surface area contributed by atoms with Crippen LogP contribution < -0.4 is 5.32 Å². The number of aromatic nitrogens is 4. The summed E-state index contributed by atoms with van der Waals surface area (Å²) in [7, 11) is 0. The first-order valence-corrected chi connectivity index (χ1v) is 9.05. The normalized spacial score (nSPS) is 26.1. The van der Waals surface area contributed by atoms with Gasteiger partial charge in [0.2, 0.25) is 0 Å². The first kappa shape index (κ1) is 18.3. The third-order valence-corrected chi connectivity index (χ3v) is 4.83. The number of fused-ring (bicyclic) bond motifs is 1. The number of amides is 1. The smallest absolute Gasteiger partial charge is 0.412 e. The number of benzene rings is 1. The largest absolute Gasteiger partial charge is 0.441 e. The van der Waals surface area contributed by atoms with Gasteiger partial charge in [-0.3, -0.25) is 5.32 Å². The van der Waals surface area contributed by atoms with Gasteiger partial charge >= 0.3 is 6.09 Å². The van der Waals surface area contributed by atoms with Gasteiger partial charge in [-0.2, -0.15) is 5.26 Å². The molecule has 0 saturated carbocycles. The van der Waals surface area contributed by atoms with Crippen molar-refractivity contribution < 1.29 is 19.0 Å². The zero-order valence-corrected chi connectivity index (χ0v) is 15.5. The van der Waals surface area contributed by atoms with E-state index in [9.17, 15) is 4.79 Å². The Kier molecular flexibility index (Phi) is 4.93. The van der Waals surface area contributed by atoms with Crippen LogP contribution in [0.2, 0.25) is 0 Å². The highest BCUT2D eigenvalue weighted by Gasteiger charge is 2.51. The number of hydrogen-bond donors (Lipinski definition) is 1. The van der Waals surface area contributed by atoms with Crippen LogP contribution in [0.25, 0.3) is 0 Å². The van der Waals surface area contributed by atoms with Gasteiger partial charge in [0.15, 0.2) is 11.9 Å². The van der Waals surface area contributed by atoms with E-state index in [1.807, 2.05) is 19.9 Å². The van der Waals surface area contributed by atoms with Crippen molar-refractivity contribution in [2.24, 2.45) is 0 Å². The Labute approximate surface area is 161 Å². The molecular weight excluding hydrogens is 364 g/mol. The van der Waals surface area contributed by atoms with Crippen LogP contribution in [-0.2, 0) is 14.2 Å². The number of nitriles is 1. The minimum atomic E-state index is -0.623. The Morgan fingerprint density at radius 1 is 1.36 bits per heavy atom. The maximum Gasteiger partial charge on any atom is 0.412 e. The Morgan fingerprint density at radius 3 is 2.96 bits per heavy atom. The highest BCUT2D eigenvalue weighted by Crippen LogP contribution is 2.36. The molecule has 1 aromatic carbocycles. The summed E-state index contributed by atoms with van der Waals surface area (Å²) in [5.74, 6) is 0.926. The molecule has 3 heterocycles. The molecule has 2 aliphatic heterocycles. The number of carbonyl (C=O) groups is 1. The number of rotatable bonds is 4. The molecule has 1 aromatic heterocycles. The van der Waals surface area contributed by atoms with E-state index in [0.717, 1.165) is 5.82 Å². The lowest BCUT2D eigenvalue weighted by molar-refractivity contribution is 0.00763. The number of hydrogen-bond acceptors (Lipinski definition) is 8. The van der Waals surface area contributed by atoms with Gasteiger partial charge in [-0.1, -0.05) is 19.9 Å². The van der Waals surface area contributed by atoms with E-state index in [0.29, 0.717) is 17.9 Å². The number of tetrazole rings is 1. The second-order valence-electron chi connectivity index (χ2n) is 7.06. The summed E-state index contributed by atoms with van der Waals surface area (Å²) in [4.78, 5) is 12.2. The molecule has 0 spiro atoms. The van der Waals surface area contributed by atoms with E-state index in [-0.39, 0.29) is 30.8 Å². The van der Waals surface area contributed by atoms with Crippen LogP contribution in [-0.4, -0.2) is 57.8 Å². The minimum absolute atomic E-state index is 0.164. The van der Waals surface area contributed by atoms with Gasteiger partial charge in [0, 0.05) is 11.6 Å². The van der Waals surface area contributed by atoms with Crippen molar-refractivity contribution in [1.82, 2.24) is 20.2 Å². The number of nitrogens with zero attached hydrogens (tertiary/aromatic N) is 5. The highest BCUT2D eigenvalue weighted by atomic mass is 16.6. The zero-order chi connectivity index (χ0) is 19.7. The topological polar surface area (TPSA) is 124 Å². The molecule has 1 N–H and O–H groups in total. The van der Waals surface area contributed by atoms with Gasteiger partial charge in [-0.15, -0.1) is 5.10 Å². The summed E-state index contributed by atoms with van der Waals surface area (Å²) in [6, 6.07) is 8.46. The molecule has 2 aliphatic rings. The van der Waals surface area contributed by atoms with Crippen molar-refractivity contribution in [3.8, 4) is 6.07 Å². The molecule has 0 unspecified atom stereocenters. The lowest BCUT2D eigenvalue weighted by atomic mass is 10.1. The average Bonchev–Trinajstić information content (AvgIpc) is 3.38. The third-order valence-electron chi connectivity index (χ3n) is 4.83. The molecule has 4 rings (SSSR count). The van der Waals surface area contributed by atoms with Crippen molar-refractivity contribution in [2.75, 3.05) is 18.5 Å².